The number of imidazole rings is 1. The molecule has 0 bridgehead atoms. The molecule has 3 aromatic rings. The Bertz CT molecular complexity index is 1050. The molecular weight excluding hydrogens is 420 g/mol. The molecule has 0 amide bonds. The third-order valence-corrected chi connectivity index (χ3v) is 7.08. The quantitative estimate of drug-likeness (QED) is 0.266. The summed E-state index contributed by atoms with van der Waals surface area (Å²) in [5.74, 6) is 1.51. The van der Waals surface area contributed by atoms with Gasteiger partial charge in [-0.1, -0.05) is 36.4 Å². The molecule has 10 heteroatoms. The highest BCUT2D eigenvalue weighted by molar-refractivity contribution is 7.91. The summed E-state index contributed by atoms with van der Waals surface area (Å²) in [6, 6.07) is 13.3. The molecule has 160 valence electrons. The van der Waals surface area contributed by atoms with Crippen LogP contribution in [-0.2, 0) is 16.6 Å². The summed E-state index contributed by atoms with van der Waals surface area (Å²) in [7, 11) is -1.55. The number of aliphatic imine (C=N–C) groups is 1. The highest BCUT2D eigenvalue weighted by Gasteiger charge is 2.14. The zero-order valence-corrected chi connectivity index (χ0v) is 18.6. The minimum absolute atomic E-state index is 0.224. The summed E-state index contributed by atoms with van der Waals surface area (Å²) in [4.78, 5) is 14.3. The number of hydrogen-bond donors (Lipinski definition) is 3. The van der Waals surface area contributed by atoms with E-state index in [1.54, 1.807) is 17.5 Å². The molecule has 0 saturated carbocycles. The van der Waals surface area contributed by atoms with Gasteiger partial charge in [0.1, 0.15) is 10.0 Å². The maximum absolute atomic E-state index is 12.2. The number of aromatic amines is 1. The number of hydrogen-bond acceptors (Lipinski definition) is 5. The monoisotopic (exact) mass is 446 g/mol. The Morgan fingerprint density at radius 1 is 1.23 bits per heavy atom. The molecule has 0 spiro atoms. The summed E-state index contributed by atoms with van der Waals surface area (Å²) >= 11 is 1.19. The Balaban J connectivity index is 1.58. The van der Waals surface area contributed by atoms with E-state index in [1.807, 2.05) is 55.4 Å². The van der Waals surface area contributed by atoms with Gasteiger partial charge in [0.25, 0.3) is 0 Å². The van der Waals surface area contributed by atoms with Crippen molar-refractivity contribution in [2.75, 3.05) is 26.7 Å². The first kappa shape index (κ1) is 22.0. The van der Waals surface area contributed by atoms with E-state index in [0.29, 0.717) is 29.8 Å². The van der Waals surface area contributed by atoms with Crippen LogP contribution in [0.25, 0.3) is 11.3 Å². The first-order valence-corrected chi connectivity index (χ1v) is 12.0. The van der Waals surface area contributed by atoms with Crippen LogP contribution in [0.4, 0.5) is 0 Å². The smallest absolute Gasteiger partial charge is 0.250 e. The molecular formula is C20H26N6O2S2. The fraction of sp³-hybridized carbons (Fsp3) is 0.300. The van der Waals surface area contributed by atoms with E-state index >= 15 is 0 Å². The van der Waals surface area contributed by atoms with Crippen molar-refractivity contribution in [3.63, 3.8) is 0 Å². The SMILES string of the molecule is CCNC(=NCCNS(=O)(=O)c1cccs1)N(C)Cc1ncc(-c2ccccc2)[nH]1. The molecule has 0 unspecified atom stereocenters. The first-order valence-electron chi connectivity index (χ1n) is 9.61. The van der Waals surface area contributed by atoms with Gasteiger partial charge in [0.2, 0.25) is 10.0 Å². The molecule has 0 saturated heterocycles. The lowest BCUT2D eigenvalue weighted by Gasteiger charge is -2.21. The van der Waals surface area contributed by atoms with Crippen molar-refractivity contribution in [1.29, 1.82) is 0 Å². The lowest BCUT2D eigenvalue weighted by molar-refractivity contribution is 0.464. The second-order valence-corrected chi connectivity index (χ2v) is 9.47. The van der Waals surface area contributed by atoms with Gasteiger partial charge in [-0.25, -0.2) is 18.1 Å². The van der Waals surface area contributed by atoms with Gasteiger partial charge in [0.15, 0.2) is 5.96 Å². The van der Waals surface area contributed by atoms with Crippen LogP contribution in [0.1, 0.15) is 12.7 Å². The highest BCUT2D eigenvalue weighted by atomic mass is 32.2. The van der Waals surface area contributed by atoms with Crippen molar-refractivity contribution in [2.45, 2.75) is 17.7 Å². The fourth-order valence-electron chi connectivity index (χ4n) is 2.81. The van der Waals surface area contributed by atoms with Gasteiger partial charge in [-0.15, -0.1) is 11.3 Å². The van der Waals surface area contributed by atoms with Crippen LogP contribution in [0.15, 0.2) is 63.2 Å². The minimum Gasteiger partial charge on any atom is -0.357 e. The van der Waals surface area contributed by atoms with Crippen LogP contribution in [0, 0.1) is 0 Å². The zero-order valence-electron chi connectivity index (χ0n) is 17.0. The van der Waals surface area contributed by atoms with Crippen LogP contribution in [0.5, 0.6) is 0 Å². The topological polar surface area (TPSA) is 102 Å². The summed E-state index contributed by atoms with van der Waals surface area (Å²) < 4.78 is 27.2. The van der Waals surface area contributed by atoms with E-state index in [1.165, 1.54) is 11.3 Å². The van der Waals surface area contributed by atoms with Gasteiger partial charge in [-0.2, -0.15) is 0 Å². The summed E-state index contributed by atoms with van der Waals surface area (Å²) in [6.45, 7) is 3.78. The van der Waals surface area contributed by atoms with Gasteiger partial charge in [0.05, 0.1) is 25.0 Å². The van der Waals surface area contributed by atoms with Gasteiger partial charge in [-0.3, -0.25) is 4.99 Å². The zero-order chi connectivity index (χ0) is 21.4. The molecule has 0 aliphatic rings. The Kier molecular flexibility index (Phi) is 7.61. The van der Waals surface area contributed by atoms with Gasteiger partial charge < -0.3 is 15.2 Å². The second-order valence-electron chi connectivity index (χ2n) is 6.53. The Morgan fingerprint density at radius 3 is 2.73 bits per heavy atom. The van der Waals surface area contributed by atoms with Crippen molar-refractivity contribution in [1.82, 2.24) is 24.9 Å². The molecule has 1 aromatic carbocycles. The largest absolute Gasteiger partial charge is 0.357 e. The number of sulfonamides is 1. The number of nitrogens with zero attached hydrogens (tertiary/aromatic N) is 3. The highest BCUT2D eigenvalue weighted by Crippen LogP contribution is 2.17. The van der Waals surface area contributed by atoms with Crippen molar-refractivity contribution >= 4 is 27.3 Å². The molecule has 3 N–H and O–H groups in total. The van der Waals surface area contributed by atoms with E-state index in [4.69, 9.17) is 0 Å². The van der Waals surface area contributed by atoms with Crippen LogP contribution >= 0.6 is 11.3 Å². The molecule has 3 rings (SSSR count). The number of aromatic nitrogens is 2. The van der Waals surface area contributed by atoms with Crippen LogP contribution < -0.4 is 10.0 Å². The van der Waals surface area contributed by atoms with Crippen molar-refractivity contribution in [2.24, 2.45) is 4.99 Å². The molecule has 30 heavy (non-hydrogen) atoms. The average molecular weight is 447 g/mol. The Labute approximate surface area is 181 Å². The van der Waals surface area contributed by atoms with Crippen molar-refractivity contribution < 1.29 is 8.42 Å². The van der Waals surface area contributed by atoms with E-state index in [9.17, 15) is 8.42 Å². The van der Waals surface area contributed by atoms with Gasteiger partial charge in [-0.05, 0) is 23.9 Å². The molecule has 2 aromatic heterocycles. The number of nitrogens with one attached hydrogen (secondary N) is 3. The molecule has 2 heterocycles. The van der Waals surface area contributed by atoms with Crippen molar-refractivity contribution in [3.05, 3.63) is 59.9 Å². The van der Waals surface area contributed by atoms with Gasteiger partial charge in [0, 0.05) is 20.1 Å². The number of thiophene rings is 1. The predicted molar refractivity (Wildman–Crippen MR) is 121 cm³/mol. The molecule has 0 radical (unpaired) electrons. The summed E-state index contributed by atoms with van der Waals surface area (Å²) in [6.07, 6.45) is 1.82. The molecule has 0 atom stereocenters. The first-order chi connectivity index (χ1) is 14.5. The standard InChI is InChI=1S/C20H26N6O2S2/c1-3-21-20(22-11-12-24-30(27,28)19-10-7-13-29-19)26(2)15-18-23-14-17(25-18)16-8-5-4-6-9-16/h4-10,13-14,24H,3,11-12,15H2,1-2H3,(H,21,22)(H,23,25). The van der Waals surface area contributed by atoms with Crippen molar-refractivity contribution in [3.8, 4) is 11.3 Å². The van der Waals surface area contributed by atoms with Crippen LogP contribution in [0.3, 0.4) is 0 Å². The molecule has 0 aliphatic carbocycles. The number of H-pyrrole nitrogens is 1. The van der Waals surface area contributed by atoms with Crippen LogP contribution in [0.2, 0.25) is 0 Å². The third-order valence-electron chi connectivity index (χ3n) is 4.22. The van der Waals surface area contributed by atoms with E-state index in [0.717, 1.165) is 17.1 Å². The predicted octanol–water partition coefficient (Wildman–Crippen LogP) is 2.51. The summed E-state index contributed by atoms with van der Waals surface area (Å²) in [5.41, 5.74) is 2.04. The maximum Gasteiger partial charge on any atom is 0.250 e. The lowest BCUT2D eigenvalue weighted by atomic mass is 10.2. The summed E-state index contributed by atoms with van der Waals surface area (Å²) in [5, 5.41) is 4.96. The Morgan fingerprint density at radius 2 is 2.03 bits per heavy atom. The van der Waals surface area contributed by atoms with Crippen LogP contribution in [-0.4, -0.2) is 55.9 Å². The molecule has 8 nitrogen and oxygen atoms in total. The molecule has 0 fully saturated rings. The second kappa shape index (κ2) is 10.4. The Hall–Kier alpha value is -2.69. The number of guanidine groups is 1. The third kappa shape index (κ3) is 5.91. The number of benzene rings is 1. The van der Waals surface area contributed by atoms with E-state index in [2.05, 4.69) is 25.0 Å². The molecule has 0 aliphatic heterocycles. The maximum atomic E-state index is 12.2. The van der Waals surface area contributed by atoms with Gasteiger partial charge >= 0.3 is 0 Å². The van der Waals surface area contributed by atoms with E-state index < -0.39 is 10.0 Å². The average Bonchev–Trinajstić information content (AvgIpc) is 3.43. The fourth-order valence-corrected chi connectivity index (χ4v) is 4.86. The normalized spacial score (nSPS) is 12.1. The van der Waals surface area contributed by atoms with E-state index in [-0.39, 0.29) is 6.54 Å². The lowest BCUT2D eigenvalue weighted by Crippen LogP contribution is -2.39. The minimum atomic E-state index is -3.47. The number of rotatable bonds is 9.